The van der Waals surface area contributed by atoms with E-state index in [1.807, 2.05) is 18.2 Å². The van der Waals surface area contributed by atoms with Gasteiger partial charge in [-0.05, 0) is 29.8 Å². The number of anilines is 1. The van der Waals surface area contributed by atoms with Crippen molar-refractivity contribution in [2.24, 2.45) is 0 Å². The van der Waals surface area contributed by atoms with Crippen LogP contribution in [0.4, 0.5) is 5.82 Å². The number of halogens is 1. The third-order valence-corrected chi connectivity index (χ3v) is 2.28. The third-order valence-electron chi connectivity index (χ3n) is 2.11. The van der Waals surface area contributed by atoms with E-state index in [4.69, 9.17) is 16.3 Å². The molecule has 0 aliphatic carbocycles. The minimum atomic E-state index is 0.233. The van der Waals surface area contributed by atoms with Crippen molar-refractivity contribution in [3.63, 3.8) is 0 Å². The van der Waals surface area contributed by atoms with Crippen LogP contribution in [0.25, 0.3) is 10.9 Å². The summed E-state index contributed by atoms with van der Waals surface area (Å²) < 4.78 is 5.14. The molecular formula is C10H10ClN3O. The van der Waals surface area contributed by atoms with Gasteiger partial charge in [0.1, 0.15) is 11.6 Å². The topological polar surface area (TPSA) is 47.0 Å². The molecular weight excluding hydrogens is 214 g/mol. The maximum absolute atomic E-state index is 5.78. The molecule has 78 valence electrons. The summed E-state index contributed by atoms with van der Waals surface area (Å²) in [5, 5.41) is 4.09. The van der Waals surface area contributed by atoms with Gasteiger partial charge in [0.25, 0.3) is 0 Å². The van der Waals surface area contributed by atoms with Gasteiger partial charge in [-0.2, -0.15) is 0 Å². The van der Waals surface area contributed by atoms with Gasteiger partial charge >= 0.3 is 0 Å². The average molecular weight is 224 g/mol. The predicted molar refractivity (Wildman–Crippen MR) is 60.6 cm³/mol. The molecule has 0 spiro atoms. The van der Waals surface area contributed by atoms with E-state index in [1.54, 1.807) is 14.2 Å². The Kier molecular flexibility index (Phi) is 2.60. The summed E-state index contributed by atoms with van der Waals surface area (Å²) in [5.41, 5.74) is 0.792. The fourth-order valence-electron chi connectivity index (χ4n) is 1.40. The zero-order valence-corrected chi connectivity index (χ0v) is 9.17. The molecule has 1 aromatic heterocycles. The van der Waals surface area contributed by atoms with Crippen molar-refractivity contribution in [3.8, 4) is 5.75 Å². The smallest absolute Gasteiger partial charge is 0.224 e. The lowest BCUT2D eigenvalue weighted by molar-refractivity contribution is 0.415. The van der Waals surface area contributed by atoms with Gasteiger partial charge in [0.05, 0.1) is 12.6 Å². The summed E-state index contributed by atoms with van der Waals surface area (Å²) in [5.74, 6) is 1.47. The predicted octanol–water partition coefficient (Wildman–Crippen LogP) is 2.33. The van der Waals surface area contributed by atoms with E-state index in [1.165, 1.54) is 0 Å². The van der Waals surface area contributed by atoms with Crippen molar-refractivity contribution in [3.05, 3.63) is 23.5 Å². The van der Waals surface area contributed by atoms with Crippen LogP contribution in [0.2, 0.25) is 5.28 Å². The fourth-order valence-corrected chi connectivity index (χ4v) is 1.57. The minimum absolute atomic E-state index is 0.233. The summed E-state index contributed by atoms with van der Waals surface area (Å²) in [6, 6.07) is 5.56. The highest BCUT2D eigenvalue weighted by molar-refractivity contribution is 6.28. The first kappa shape index (κ1) is 9.98. The molecule has 1 heterocycles. The molecule has 1 N–H and O–H groups in total. The largest absolute Gasteiger partial charge is 0.497 e. The molecule has 0 atom stereocenters. The molecule has 2 rings (SSSR count). The molecule has 0 aliphatic heterocycles. The summed E-state index contributed by atoms with van der Waals surface area (Å²) in [4.78, 5) is 8.20. The molecule has 15 heavy (non-hydrogen) atoms. The van der Waals surface area contributed by atoms with Crippen LogP contribution in [0.15, 0.2) is 18.2 Å². The molecule has 0 amide bonds. The first-order valence-corrected chi connectivity index (χ1v) is 4.81. The number of benzene rings is 1. The molecule has 0 unspecified atom stereocenters. The highest BCUT2D eigenvalue weighted by atomic mass is 35.5. The maximum atomic E-state index is 5.78. The molecule has 0 radical (unpaired) electrons. The van der Waals surface area contributed by atoms with Crippen LogP contribution in [0.3, 0.4) is 0 Å². The van der Waals surface area contributed by atoms with Crippen LogP contribution in [0, 0.1) is 0 Å². The Bertz CT molecular complexity index is 501. The van der Waals surface area contributed by atoms with Gasteiger partial charge in [-0.1, -0.05) is 0 Å². The van der Waals surface area contributed by atoms with Gasteiger partial charge in [-0.25, -0.2) is 9.97 Å². The number of fused-ring (bicyclic) bond motifs is 1. The van der Waals surface area contributed by atoms with Crippen molar-refractivity contribution in [1.29, 1.82) is 0 Å². The molecule has 2 aromatic rings. The molecule has 0 saturated carbocycles. The van der Waals surface area contributed by atoms with Gasteiger partial charge in [-0.3, -0.25) is 0 Å². The highest BCUT2D eigenvalue weighted by Crippen LogP contribution is 2.25. The third kappa shape index (κ3) is 1.80. The van der Waals surface area contributed by atoms with E-state index in [9.17, 15) is 0 Å². The molecule has 5 heteroatoms. The Morgan fingerprint density at radius 1 is 1.33 bits per heavy atom. The van der Waals surface area contributed by atoms with Crippen molar-refractivity contribution < 1.29 is 4.74 Å². The molecule has 4 nitrogen and oxygen atoms in total. The summed E-state index contributed by atoms with van der Waals surface area (Å²) >= 11 is 5.78. The highest BCUT2D eigenvalue weighted by Gasteiger charge is 2.06. The Balaban J connectivity index is 2.73. The number of hydrogen-bond donors (Lipinski definition) is 1. The minimum Gasteiger partial charge on any atom is -0.497 e. The Hall–Kier alpha value is -1.55. The molecule has 1 aromatic carbocycles. The van der Waals surface area contributed by atoms with Crippen LogP contribution >= 0.6 is 11.6 Å². The van der Waals surface area contributed by atoms with Gasteiger partial charge < -0.3 is 10.1 Å². The van der Waals surface area contributed by atoms with Crippen LogP contribution in [-0.4, -0.2) is 24.1 Å². The van der Waals surface area contributed by atoms with Gasteiger partial charge in [0.15, 0.2) is 0 Å². The quantitative estimate of drug-likeness (QED) is 0.794. The van der Waals surface area contributed by atoms with E-state index in [0.29, 0.717) is 5.82 Å². The van der Waals surface area contributed by atoms with Crippen LogP contribution < -0.4 is 10.1 Å². The lowest BCUT2D eigenvalue weighted by Crippen LogP contribution is -1.96. The number of rotatable bonds is 2. The molecule has 0 bridgehead atoms. The van der Waals surface area contributed by atoms with E-state index < -0.39 is 0 Å². The number of nitrogens with zero attached hydrogens (tertiary/aromatic N) is 2. The Morgan fingerprint density at radius 2 is 2.13 bits per heavy atom. The second-order valence-corrected chi connectivity index (χ2v) is 3.31. The second-order valence-electron chi connectivity index (χ2n) is 2.97. The first-order chi connectivity index (χ1) is 7.24. The zero-order valence-electron chi connectivity index (χ0n) is 8.41. The standard InChI is InChI=1S/C10H10ClN3O/c1-12-9-7-5-6(15-2)3-4-8(7)13-10(11)14-9/h3-5H,1-2H3,(H,12,13,14). The van der Waals surface area contributed by atoms with Crippen LogP contribution in [0.1, 0.15) is 0 Å². The van der Waals surface area contributed by atoms with Crippen molar-refractivity contribution in [2.45, 2.75) is 0 Å². The number of ether oxygens (including phenoxy) is 1. The summed E-state index contributed by atoms with van der Waals surface area (Å²) in [6.07, 6.45) is 0. The number of hydrogen-bond acceptors (Lipinski definition) is 4. The fraction of sp³-hybridized carbons (Fsp3) is 0.200. The maximum Gasteiger partial charge on any atom is 0.224 e. The monoisotopic (exact) mass is 223 g/mol. The van der Waals surface area contributed by atoms with E-state index >= 15 is 0 Å². The van der Waals surface area contributed by atoms with Crippen LogP contribution in [-0.2, 0) is 0 Å². The van der Waals surface area contributed by atoms with Gasteiger partial charge in [0, 0.05) is 12.4 Å². The Labute approximate surface area is 92.2 Å². The van der Waals surface area contributed by atoms with Crippen molar-refractivity contribution in [1.82, 2.24) is 9.97 Å². The van der Waals surface area contributed by atoms with E-state index in [2.05, 4.69) is 15.3 Å². The van der Waals surface area contributed by atoms with Crippen molar-refractivity contribution >= 4 is 28.3 Å². The zero-order chi connectivity index (χ0) is 10.8. The first-order valence-electron chi connectivity index (χ1n) is 4.43. The molecule has 0 saturated heterocycles. The normalized spacial score (nSPS) is 10.3. The Morgan fingerprint density at radius 3 is 2.80 bits per heavy atom. The lowest BCUT2D eigenvalue weighted by Gasteiger charge is -2.06. The second kappa shape index (κ2) is 3.90. The van der Waals surface area contributed by atoms with E-state index in [0.717, 1.165) is 16.7 Å². The lowest BCUT2D eigenvalue weighted by atomic mass is 10.2. The SMILES string of the molecule is CNc1nc(Cl)nc2ccc(OC)cc12. The van der Waals surface area contributed by atoms with Gasteiger partial charge in [0.2, 0.25) is 5.28 Å². The number of methoxy groups -OCH3 is 1. The summed E-state index contributed by atoms with van der Waals surface area (Å²) in [6.45, 7) is 0. The van der Waals surface area contributed by atoms with Crippen molar-refractivity contribution in [2.75, 3.05) is 19.5 Å². The van der Waals surface area contributed by atoms with Crippen LogP contribution in [0.5, 0.6) is 5.75 Å². The summed E-state index contributed by atoms with van der Waals surface area (Å²) in [7, 11) is 3.41. The average Bonchev–Trinajstić information content (AvgIpc) is 2.27. The number of aromatic nitrogens is 2. The van der Waals surface area contributed by atoms with E-state index in [-0.39, 0.29) is 5.28 Å². The molecule has 0 aliphatic rings. The van der Waals surface area contributed by atoms with Gasteiger partial charge in [-0.15, -0.1) is 0 Å². The number of nitrogens with one attached hydrogen (secondary N) is 1. The molecule has 0 fully saturated rings.